The van der Waals surface area contributed by atoms with Gasteiger partial charge in [-0.1, -0.05) is 11.2 Å². The lowest BCUT2D eigenvalue weighted by Gasteiger charge is -2.15. The minimum atomic E-state index is -0.740. The van der Waals surface area contributed by atoms with Crippen molar-refractivity contribution in [1.82, 2.24) is 15.5 Å². The Balaban J connectivity index is 1.38. The van der Waals surface area contributed by atoms with Crippen molar-refractivity contribution in [2.75, 3.05) is 6.54 Å². The predicted molar refractivity (Wildman–Crippen MR) is 106 cm³/mol. The molecule has 0 amide bonds. The Hall–Kier alpha value is -3.54. The fraction of sp³-hybridized carbons (Fsp3) is 0.273. The van der Waals surface area contributed by atoms with Crippen molar-refractivity contribution in [2.24, 2.45) is 0 Å². The first kappa shape index (κ1) is 19.8. The van der Waals surface area contributed by atoms with Gasteiger partial charge in [0.1, 0.15) is 18.4 Å². The Labute approximate surface area is 173 Å². The van der Waals surface area contributed by atoms with Gasteiger partial charge in [-0.05, 0) is 42.7 Å². The van der Waals surface area contributed by atoms with Gasteiger partial charge in [0, 0.05) is 24.4 Å². The van der Waals surface area contributed by atoms with E-state index in [1.807, 2.05) is 13.8 Å². The monoisotopic (exact) mass is 404 g/mol. The van der Waals surface area contributed by atoms with E-state index in [0.29, 0.717) is 41.4 Å². The van der Waals surface area contributed by atoms with Gasteiger partial charge in [-0.25, -0.2) is 4.79 Å². The van der Waals surface area contributed by atoms with Crippen LogP contribution < -0.4 is 5.32 Å². The number of pyridine rings is 1. The average molecular weight is 404 g/mol. The minimum absolute atomic E-state index is 0.248. The van der Waals surface area contributed by atoms with Crippen LogP contribution in [0.3, 0.4) is 0 Å². The fourth-order valence-corrected chi connectivity index (χ4v) is 3.50. The molecule has 0 saturated carbocycles. The number of nitrogens with one attached hydrogen (secondary N) is 1. The summed E-state index contributed by atoms with van der Waals surface area (Å²) in [5.41, 5.74) is 5.60. The first-order valence-corrected chi connectivity index (χ1v) is 9.49. The smallest absolute Gasteiger partial charge is 0.338 e. The maximum Gasteiger partial charge on any atom is 0.338 e. The van der Waals surface area contributed by atoms with Crippen LogP contribution >= 0.6 is 0 Å². The molecular formula is C22H20N4O4. The van der Waals surface area contributed by atoms with E-state index in [1.54, 1.807) is 24.3 Å². The molecule has 8 nitrogen and oxygen atoms in total. The third-order valence-corrected chi connectivity index (χ3v) is 5.26. The molecule has 0 saturated heterocycles. The number of hydrogen-bond acceptors (Lipinski definition) is 8. The SMILES string of the molecule is Cc1cc(-c2cc(CNC[C@H](O)c3ccc4c(c3C)COC4=O)on2)ncc1C#N. The topological polar surface area (TPSA) is 121 Å². The Kier molecular flexibility index (Phi) is 5.31. The summed E-state index contributed by atoms with van der Waals surface area (Å²) in [7, 11) is 0. The molecule has 30 heavy (non-hydrogen) atoms. The average Bonchev–Trinajstić information content (AvgIpc) is 3.36. The zero-order chi connectivity index (χ0) is 21.3. The number of aliphatic hydroxyl groups is 1. The van der Waals surface area contributed by atoms with E-state index in [4.69, 9.17) is 14.5 Å². The van der Waals surface area contributed by atoms with Gasteiger partial charge in [-0.3, -0.25) is 4.98 Å². The predicted octanol–water partition coefficient (Wildman–Crippen LogP) is 2.72. The van der Waals surface area contributed by atoms with Crippen LogP contribution in [0.2, 0.25) is 0 Å². The number of carbonyl (C=O) groups excluding carboxylic acids is 1. The van der Waals surface area contributed by atoms with Crippen LogP contribution in [0.5, 0.6) is 0 Å². The van der Waals surface area contributed by atoms with Gasteiger partial charge in [0.2, 0.25) is 0 Å². The van der Waals surface area contributed by atoms with Crippen molar-refractivity contribution >= 4 is 5.97 Å². The molecule has 2 N–H and O–H groups in total. The van der Waals surface area contributed by atoms with Gasteiger partial charge < -0.3 is 19.7 Å². The summed E-state index contributed by atoms with van der Waals surface area (Å²) in [6.45, 7) is 4.66. The highest BCUT2D eigenvalue weighted by Gasteiger charge is 2.25. The molecule has 3 heterocycles. The first-order valence-electron chi connectivity index (χ1n) is 9.49. The lowest BCUT2D eigenvalue weighted by atomic mass is 9.95. The number of ether oxygens (including phenoxy) is 1. The Morgan fingerprint density at radius 3 is 2.90 bits per heavy atom. The summed E-state index contributed by atoms with van der Waals surface area (Å²) in [6, 6.07) is 9.12. The number of aryl methyl sites for hydroxylation is 1. The number of rotatable bonds is 6. The van der Waals surface area contributed by atoms with Crippen LogP contribution in [-0.4, -0.2) is 27.8 Å². The van der Waals surface area contributed by atoms with Crippen molar-refractivity contribution < 1.29 is 19.2 Å². The minimum Gasteiger partial charge on any atom is -0.457 e. The highest BCUT2D eigenvalue weighted by Crippen LogP contribution is 2.29. The maximum absolute atomic E-state index is 11.7. The van der Waals surface area contributed by atoms with Crippen molar-refractivity contribution in [2.45, 2.75) is 33.1 Å². The number of nitriles is 1. The largest absolute Gasteiger partial charge is 0.457 e. The second kappa shape index (κ2) is 8.06. The van der Waals surface area contributed by atoms with Crippen LogP contribution in [0.25, 0.3) is 11.4 Å². The highest BCUT2D eigenvalue weighted by atomic mass is 16.5. The lowest BCUT2D eigenvalue weighted by Crippen LogP contribution is -2.21. The third kappa shape index (κ3) is 3.68. The van der Waals surface area contributed by atoms with Gasteiger partial charge in [-0.15, -0.1) is 0 Å². The van der Waals surface area contributed by atoms with E-state index in [9.17, 15) is 9.90 Å². The molecule has 152 valence electrons. The van der Waals surface area contributed by atoms with E-state index >= 15 is 0 Å². The summed E-state index contributed by atoms with van der Waals surface area (Å²) in [5, 5.41) is 26.8. The molecular weight excluding hydrogens is 384 g/mol. The van der Waals surface area contributed by atoms with E-state index in [2.05, 4.69) is 21.5 Å². The number of hydrogen-bond donors (Lipinski definition) is 2. The van der Waals surface area contributed by atoms with Gasteiger partial charge in [0.05, 0.1) is 29.5 Å². The van der Waals surface area contributed by atoms with E-state index in [-0.39, 0.29) is 12.6 Å². The Bertz CT molecular complexity index is 1160. The number of cyclic esters (lactones) is 1. The summed E-state index contributed by atoms with van der Waals surface area (Å²) < 4.78 is 10.4. The molecule has 0 aliphatic carbocycles. The zero-order valence-corrected chi connectivity index (χ0v) is 16.6. The number of carbonyl (C=O) groups is 1. The van der Waals surface area contributed by atoms with Crippen LogP contribution in [0.15, 0.2) is 35.0 Å². The number of aliphatic hydroxyl groups excluding tert-OH is 1. The van der Waals surface area contributed by atoms with Crippen molar-refractivity contribution in [3.8, 4) is 17.5 Å². The molecule has 1 atom stereocenters. The Morgan fingerprint density at radius 2 is 2.13 bits per heavy atom. The number of benzene rings is 1. The van der Waals surface area contributed by atoms with Crippen LogP contribution in [0.1, 0.15) is 50.0 Å². The van der Waals surface area contributed by atoms with E-state index < -0.39 is 6.10 Å². The number of aromatic nitrogens is 2. The molecule has 8 heteroatoms. The third-order valence-electron chi connectivity index (χ3n) is 5.26. The molecule has 1 aliphatic heterocycles. The molecule has 4 rings (SSSR count). The second-order valence-corrected chi connectivity index (χ2v) is 7.20. The normalized spacial score (nSPS) is 13.6. The second-order valence-electron chi connectivity index (χ2n) is 7.20. The number of fused-ring (bicyclic) bond motifs is 1. The quantitative estimate of drug-likeness (QED) is 0.602. The van der Waals surface area contributed by atoms with Crippen LogP contribution in [0, 0.1) is 25.2 Å². The van der Waals surface area contributed by atoms with E-state index in [0.717, 1.165) is 22.3 Å². The summed E-state index contributed by atoms with van der Waals surface area (Å²) in [4.78, 5) is 15.9. The number of esters is 1. The number of nitrogens with zero attached hydrogens (tertiary/aromatic N) is 3. The molecule has 0 unspecified atom stereocenters. The summed E-state index contributed by atoms with van der Waals surface area (Å²) in [6.07, 6.45) is 0.779. The molecule has 1 aromatic carbocycles. The van der Waals surface area contributed by atoms with Gasteiger partial charge in [0.15, 0.2) is 5.76 Å². The molecule has 1 aliphatic rings. The standard InChI is InChI=1S/C22H20N4O4/c1-12-5-19(25-8-14(12)7-23)20-6-15(30-26-20)9-24-10-21(27)16-3-4-17-18(13(16)2)11-29-22(17)28/h3-6,8,21,24,27H,9-11H2,1-2H3/t21-/m0/s1. The van der Waals surface area contributed by atoms with E-state index in [1.165, 1.54) is 6.20 Å². The molecule has 0 radical (unpaired) electrons. The van der Waals surface area contributed by atoms with Gasteiger partial charge >= 0.3 is 5.97 Å². The van der Waals surface area contributed by atoms with Gasteiger partial charge in [0.25, 0.3) is 0 Å². The van der Waals surface area contributed by atoms with Crippen molar-refractivity contribution in [3.63, 3.8) is 0 Å². The molecule has 0 bridgehead atoms. The molecule has 0 fully saturated rings. The lowest BCUT2D eigenvalue weighted by molar-refractivity contribution is 0.0535. The summed E-state index contributed by atoms with van der Waals surface area (Å²) in [5.74, 6) is 0.283. The molecule has 3 aromatic rings. The first-order chi connectivity index (χ1) is 14.5. The van der Waals surface area contributed by atoms with Crippen LogP contribution in [-0.2, 0) is 17.9 Å². The van der Waals surface area contributed by atoms with Crippen LogP contribution in [0.4, 0.5) is 0 Å². The molecule has 2 aromatic heterocycles. The van der Waals surface area contributed by atoms with Crippen molar-refractivity contribution in [3.05, 3.63) is 69.6 Å². The van der Waals surface area contributed by atoms with Crippen molar-refractivity contribution in [1.29, 1.82) is 5.26 Å². The van der Waals surface area contributed by atoms with Gasteiger partial charge in [-0.2, -0.15) is 5.26 Å². The highest BCUT2D eigenvalue weighted by molar-refractivity contribution is 5.93. The Morgan fingerprint density at radius 1 is 1.30 bits per heavy atom. The fourth-order valence-electron chi connectivity index (χ4n) is 3.50. The zero-order valence-electron chi connectivity index (χ0n) is 16.6. The summed E-state index contributed by atoms with van der Waals surface area (Å²) >= 11 is 0. The maximum atomic E-state index is 11.7. The molecule has 0 spiro atoms.